The highest BCUT2D eigenvalue weighted by Gasteiger charge is 2.21. The van der Waals surface area contributed by atoms with Gasteiger partial charge >= 0.3 is 0 Å². The molecule has 0 aliphatic heterocycles. The Kier molecular flexibility index (Phi) is 5.52. The Balaban J connectivity index is 3.22. The fourth-order valence-corrected chi connectivity index (χ4v) is 3.24. The van der Waals surface area contributed by atoms with Gasteiger partial charge in [-0.1, -0.05) is 13.8 Å². The second-order valence-electron chi connectivity index (χ2n) is 4.37. The van der Waals surface area contributed by atoms with Gasteiger partial charge in [-0.3, -0.25) is 4.79 Å². The molecule has 0 bridgehead atoms. The van der Waals surface area contributed by atoms with E-state index in [-0.39, 0.29) is 11.4 Å². The van der Waals surface area contributed by atoms with Crippen molar-refractivity contribution < 1.29 is 13.2 Å². The van der Waals surface area contributed by atoms with Gasteiger partial charge in [-0.2, -0.15) is 0 Å². The van der Waals surface area contributed by atoms with Gasteiger partial charge in [0.05, 0.1) is 11.4 Å². The molecule has 1 aromatic rings. The molecule has 0 heterocycles. The Labute approximate surface area is 119 Å². The molecule has 0 aliphatic carbocycles. The summed E-state index contributed by atoms with van der Waals surface area (Å²) in [6, 6.07) is 3.40. The zero-order valence-electron chi connectivity index (χ0n) is 12.0. The van der Waals surface area contributed by atoms with Crippen LogP contribution < -0.4 is 15.8 Å². The lowest BCUT2D eigenvalue weighted by molar-refractivity contribution is -0.119. The predicted molar refractivity (Wildman–Crippen MR) is 78.9 cm³/mol. The molecule has 0 spiro atoms. The summed E-state index contributed by atoms with van der Waals surface area (Å²) < 4.78 is 26.9. The van der Waals surface area contributed by atoms with Gasteiger partial charge in [0.2, 0.25) is 15.9 Å². The van der Waals surface area contributed by atoms with E-state index in [1.807, 2.05) is 13.8 Å². The molecule has 1 aromatic carbocycles. The number of hydrogen-bond acceptors (Lipinski definition) is 4. The molecule has 6 nitrogen and oxygen atoms in total. The van der Waals surface area contributed by atoms with Crippen LogP contribution in [-0.4, -0.2) is 27.9 Å². The van der Waals surface area contributed by atoms with Crippen LogP contribution >= 0.6 is 0 Å². The van der Waals surface area contributed by atoms with E-state index in [0.29, 0.717) is 24.1 Å². The smallest absolute Gasteiger partial charge is 0.241 e. The van der Waals surface area contributed by atoms with Crippen molar-refractivity contribution in [2.75, 3.05) is 19.3 Å². The number of rotatable bonds is 6. The summed E-state index contributed by atoms with van der Waals surface area (Å²) in [5, 5.41) is 2.36. The van der Waals surface area contributed by atoms with Crippen LogP contribution in [0, 0.1) is 0 Å². The number of anilines is 1. The maximum atomic E-state index is 12.3. The van der Waals surface area contributed by atoms with Gasteiger partial charge < -0.3 is 11.1 Å². The van der Waals surface area contributed by atoms with E-state index in [0.717, 1.165) is 5.56 Å². The molecular formula is C13H21N3O3S. The summed E-state index contributed by atoms with van der Waals surface area (Å²) >= 11 is 0. The third-order valence-corrected chi connectivity index (χ3v) is 4.52. The van der Waals surface area contributed by atoms with E-state index in [9.17, 15) is 13.2 Å². The van der Waals surface area contributed by atoms with E-state index < -0.39 is 15.9 Å². The number of nitrogen functional groups attached to an aromatic ring is 1. The normalized spacial score (nSPS) is 11.3. The number of carbonyl (C=O) groups excluding carboxylic acids is 1. The molecule has 0 aliphatic rings. The first kappa shape index (κ1) is 16.5. The van der Waals surface area contributed by atoms with Crippen molar-refractivity contribution >= 4 is 21.6 Å². The Bertz CT molecular complexity index is 597. The van der Waals surface area contributed by atoms with Gasteiger partial charge in [-0.15, -0.1) is 0 Å². The second kappa shape index (κ2) is 6.71. The first-order valence-electron chi connectivity index (χ1n) is 6.47. The number of sulfonamides is 1. The van der Waals surface area contributed by atoms with Crippen molar-refractivity contribution in [2.24, 2.45) is 0 Å². The average molecular weight is 299 g/mol. The van der Waals surface area contributed by atoms with Crippen LogP contribution in [0.4, 0.5) is 5.69 Å². The molecule has 0 radical (unpaired) electrons. The molecule has 0 saturated heterocycles. The summed E-state index contributed by atoms with van der Waals surface area (Å²) in [6.45, 7) is 3.47. The number of benzene rings is 1. The number of carbonyl (C=O) groups is 1. The fraction of sp³-hybridized carbons (Fsp3) is 0.462. The molecule has 0 aromatic heterocycles. The topological polar surface area (TPSA) is 101 Å². The summed E-state index contributed by atoms with van der Waals surface area (Å²) in [5.41, 5.74) is 7.80. The minimum absolute atomic E-state index is 0.153. The van der Waals surface area contributed by atoms with E-state index in [4.69, 9.17) is 5.73 Å². The molecule has 112 valence electrons. The molecule has 0 saturated carbocycles. The molecule has 1 rings (SSSR count). The summed E-state index contributed by atoms with van der Waals surface area (Å²) in [4.78, 5) is 11.3. The SMILES string of the molecule is CCc1cc(N)c(CC)c(S(=O)(=O)NCC(=O)NC)c1. The van der Waals surface area contributed by atoms with Crippen molar-refractivity contribution in [1.29, 1.82) is 0 Å². The van der Waals surface area contributed by atoms with E-state index >= 15 is 0 Å². The van der Waals surface area contributed by atoms with Crippen molar-refractivity contribution in [3.63, 3.8) is 0 Å². The Morgan fingerprint density at radius 3 is 2.40 bits per heavy atom. The molecule has 7 heteroatoms. The maximum Gasteiger partial charge on any atom is 0.241 e. The van der Waals surface area contributed by atoms with Gasteiger partial charge in [-0.25, -0.2) is 13.1 Å². The highest BCUT2D eigenvalue weighted by atomic mass is 32.2. The standard InChI is InChI=1S/C13H21N3O3S/c1-4-9-6-11(14)10(5-2)12(7-9)20(18,19)16-8-13(17)15-3/h6-7,16H,4-5,8,14H2,1-3H3,(H,15,17). The Morgan fingerprint density at radius 2 is 1.90 bits per heavy atom. The van der Waals surface area contributed by atoms with Crippen molar-refractivity contribution in [3.8, 4) is 0 Å². The lowest BCUT2D eigenvalue weighted by atomic mass is 10.1. The monoisotopic (exact) mass is 299 g/mol. The van der Waals surface area contributed by atoms with Gasteiger partial charge in [0.1, 0.15) is 0 Å². The van der Waals surface area contributed by atoms with Crippen LogP contribution in [0.5, 0.6) is 0 Å². The minimum atomic E-state index is -3.75. The lowest BCUT2D eigenvalue weighted by Gasteiger charge is -2.14. The van der Waals surface area contributed by atoms with E-state index in [2.05, 4.69) is 10.0 Å². The van der Waals surface area contributed by atoms with Crippen LogP contribution in [0.3, 0.4) is 0 Å². The van der Waals surface area contributed by atoms with Crippen LogP contribution in [0.25, 0.3) is 0 Å². The predicted octanol–water partition coefficient (Wildman–Crippen LogP) is 0.418. The number of nitrogens with two attached hydrogens (primary N) is 1. The van der Waals surface area contributed by atoms with Crippen LogP contribution in [0.15, 0.2) is 17.0 Å². The maximum absolute atomic E-state index is 12.3. The van der Waals surface area contributed by atoms with Gasteiger partial charge in [0, 0.05) is 12.7 Å². The van der Waals surface area contributed by atoms with Gasteiger partial charge in [-0.05, 0) is 36.1 Å². The molecule has 1 amide bonds. The molecular weight excluding hydrogens is 278 g/mol. The van der Waals surface area contributed by atoms with Gasteiger partial charge in [0.25, 0.3) is 0 Å². The van der Waals surface area contributed by atoms with E-state index in [1.54, 1.807) is 12.1 Å². The lowest BCUT2D eigenvalue weighted by Crippen LogP contribution is -2.35. The minimum Gasteiger partial charge on any atom is -0.398 e. The molecule has 4 N–H and O–H groups in total. The number of amides is 1. The highest BCUT2D eigenvalue weighted by molar-refractivity contribution is 7.89. The van der Waals surface area contributed by atoms with Crippen molar-refractivity contribution in [1.82, 2.24) is 10.0 Å². The number of hydrogen-bond donors (Lipinski definition) is 3. The summed E-state index contributed by atoms with van der Waals surface area (Å²) in [6.07, 6.45) is 1.19. The largest absolute Gasteiger partial charge is 0.398 e. The molecule has 20 heavy (non-hydrogen) atoms. The molecule has 0 unspecified atom stereocenters. The second-order valence-corrected chi connectivity index (χ2v) is 6.10. The first-order chi connectivity index (χ1) is 9.35. The Hall–Kier alpha value is -1.60. The molecule has 0 atom stereocenters. The van der Waals surface area contributed by atoms with E-state index in [1.165, 1.54) is 7.05 Å². The number of aryl methyl sites for hydroxylation is 1. The van der Waals surface area contributed by atoms with Crippen LogP contribution in [-0.2, 0) is 27.7 Å². The number of nitrogens with one attached hydrogen (secondary N) is 2. The van der Waals surface area contributed by atoms with Crippen molar-refractivity contribution in [3.05, 3.63) is 23.3 Å². The molecule has 0 fully saturated rings. The third kappa shape index (κ3) is 3.71. The van der Waals surface area contributed by atoms with Crippen molar-refractivity contribution in [2.45, 2.75) is 31.6 Å². The average Bonchev–Trinajstić information content (AvgIpc) is 2.43. The quantitative estimate of drug-likeness (QED) is 0.662. The summed E-state index contributed by atoms with van der Waals surface area (Å²) in [7, 11) is -2.31. The third-order valence-electron chi connectivity index (χ3n) is 3.06. The first-order valence-corrected chi connectivity index (χ1v) is 7.95. The van der Waals surface area contributed by atoms with Gasteiger partial charge in [0.15, 0.2) is 0 Å². The zero-order chi connectivity index (χ0) is 15.3. The van der Waals surface area contributed by atoms with Crippen LogP contribution in [0.1, 0.15) is 25.0 Å². The Morgan fingerprint density at radius 1 is 1.25 bits per heavy atom. The highest BCUT2D eigenvalue weighted by Crippen LogP contribution is 2.25. The number of likely N-dealkylation sites (N-methyl/N-ethyl adjacent to an activating group) is 1. The fourth-order valence-electron chi connectivity index (χ4n) is 1.88. The van der Waals surface area contributed by atoms with Crippen LogP contribution in [0.2, 0.25) is 0 Å². The zero-order valence-corrected chi connectivity index (χ0v) is 12.8. The summed E-state index contributed by atoms with van der Waals surface area (Å²) in [5.74, 6) is -0.397.